The molecule has 0 aromatic carbocycles. The van der Waals surface area contributed by atoms with Crippen molar-refractivity contribution in [3.05, 3.63) is 21.9 Å². The van der Waals surface area contributed by atoms with Crippen LogP contribution in [0.3, 0.4) is 0 Å². The van der Waals surface area contributed by atoms with Gasteiger partial charge < -0.3 is 4.90 Å². The van der Waals surface area contributed by atoms with Gasteiger partial charge in [-0.3, -0.25) is 4.79 Å². The summed E-state index contributed by atoms with van der Waals surface area (Å²) in [5, 5.41) is 2.92. The first-order chi connectivity index (χ1) is 8.27. The first-order valence-electron chi connectivity index (χ1n) is 6.21. The van der Waals surface area contributed by atoms with E-state index in [2.05, 4.69) is 33.8 Å². The summed E-state index contributed by atoms with van der Waals surface area (Å²) < 4.78 is 0. The van der Waals surface area contributed by atoms with Crippen LogP contribution in [0.15, 0.2) is 11.4 Å². The van der Waals surface area contributed by atoms with E-state index in [-0.39, 0.29) is 5.91 Å². The first kappa shape index (κ1) is 13.1. The Hall–Kier alpha value is -0.350. The molecular weight excluding hydrogens is 298 g/mol. The average molecular weight is 316 g/mol. The third-order valence-electron chi connectivity index (χ3n) is 3.39. The molecule has 1 aliphatic heterocycles. The van der Waals surface area contributed by atoms with E-state index in [4.69, 9.17) is 0 Å². The summed E-state index contributed by atoms with van der Waals surface area (Å²) in [5.41, 5.74) is 1.19. The minimum Gasteiger partial charge on any atom is -0.334 e. The molecule has 17 heavy (non-hydrogen) atoms. The van der Waals surface area contributed by atoms with Crippen LogP contribution in [0.4, 0.5) is 0 Å². The third-order valence-corrected chi connectivity index (χ3v) is 5.08. The van der Waals surface area contributed by atoms with E-state index >= 15 is 0 Å². The van der Waals surface area contributed by atoms with Crippen molar-refractivity contribution >= 4 is 33.2 Å². The Labute approximate surface area is 115 Å². The summed E-state index contributed by atoms with van der Waals surface area (Å²) in [5.74, 6) is 0.237. The Kier molecular flexibility index (Phi) is 4.62. The number of aryl methyl sites for hydroxylation is 1. The van der Waals surface area contributed by atoms with Crippen molar-refractivity contribution in [2.45, 2.75) is 38.6 Å². The maximum absolute atomic E-state index is 12.5. The molecule has 1 fully saturated rings. The maximum atomic E-state index is 12.5. The van der Waals surface area contributed by atoms with Crippen molar-refractivity contribution in [3.8, 4) is 0 Å². The molecule has 2 heterocycles. The van der Waals surface area contributed by atoms with Crippen LogP contribution >= 0.6 is 27.3 Å². The fraction of sp³-hybridized carbons (Fsp3) is 0.615. The summed E-state index contributed by atoms with van der Waals surface area (Å²) in [6.45, 7) is 3.02. The standard InChI is InChI=1S/C13H18BrNOS/c1-2-10-6-8-17-12(10)13(16)15-7-4-3-5-11(15)9-14/h6,8,11H,2-5,7,9H2,1H3. The van der Waals surface area contributed by atoms with Crippen molar-refractivity contribution in [1.29, 1.82) is 0 Å². The number of hydrogen-bond donors (Lipinski definition) is 0. The zero-order chi connectivity index (χ0) is 12.3. The van der Waals surface area contributed by atoms with Gasteiger partial charge in [0, 0.05) is 17.9 Å². The zero-order valence-electron chi connectivity index (χ0n) is 10.1. The van der Waals surface area contributed by atoms with Crippen LogP contribution in [0, 0.1) is 0 Å². The van der Waals surface area contributed by atoms with Crippen molar-refractivity contribution in [2.24, 2.45) is 0 Å². The molecule has 1 unspecified atom stereocenters. The largest absolute Gasteiger partial charge is 0.334 e. The van der Waals surface area contributed by atoms with E-state index in [0.29, 0.717) is 6.04 Å². The molecular formula is C13H18BrNOS. The minimum atomic E-state index is 0.237. The number of nitrogens with zero attached hydrogens (tertiary/aromatic N) is 1. The number of piperidine rings is 1. The maximum Gasteiger partial charge on any atom is 0.264 e. The van der Waals surface area contributed by atoms with Gasteiger partial charge in [0.25, 0.3) is 5.91 Å². The minimum absolute atomic E-state index is 0.237. The van der Waals surface area contributed by atoms with Gasteiger partial charge in [0.1, 0.15) is 0 Å². The second-order valence-electron chi connectivity index (χ2n) is 4.43. The molecule has 1 aliphatic rings. The van der Waals surface area contributed by atoms with E-state index in [1.165, 1.54) is 12.0 Å². The van der Waals surface area contributed by atoms with Gasteiger partial charge in [-0.15, -0.1) is 11.3 Å². The molecule has 1 atom stereocenters. The molecule has 94 valence electrons. The second-order valence-corrected chi connectivity index (χ2v) is 5.99. The van der Waals surface area contributed by atoms with Gasteiger partial charge in [-0.1, -0.05) is 22.9 Å². The average Bonchev–Trinajstić information content (AvgIpc) is 2.86. The number of rotatable bonds is 3. The molecule has 0 saturated carbocycles. The highest BCUT2D eigenvalue weighted by atomic mass is 79.9. The highest BCUT2D eigenvalue weighted by Crippen LogP contribution is 2.25. The van der Waals surface area contributed by atoms with Gasteiger partial charge in [-0.2, -0.15) is 0 Å². The molecule has 0 bridgehead atoms. The number of carbonyl (C=O) groups excluding carboxylic acids is 1. The van der Waals surface area contributed by atoms with E-state index in [9.17, 15) is 4.79 Å². The number of carbonyl (C=O) groups is 1. The van der Waals surface area contributed by atoms with Crippen LogP contribution in [0.2, 0.25) is 0 Å². The predicted molar refractivity (Wildman–Crippen MR) is 76.2 cm³/mol. The molecule has 1 amide bonds. The quantitative estimate of drug-likeness (QED) is 0.779. The summed E-state index contributed by atoms with van der Waals surface area (Å²) in [7, 11) is 0. The number of hydrogen-bond acceptors (Lipinski definition) is 2. The van der Waals surface area contributed by atoms with Crippen LogP contribution in [0.1, 0.15) is 41.4 Å². The van der Waals surface area contributed by atoms with Crippen molar-refractivity contribution in [2.75, 3.05) is 11.9 Å². The fourth-order valence-corrected chi connectivity index (χ4v) is 3.98. The highest BCUT2D eigenvalue weighted by molar-refractivity contribution is 9.09. The molecule has 2 rings (SSSR count). The number of thiophene rings is 1. The molecule has 1 saturated heterocycles. The highest BCUT2D eigenvalue weighted by Gasteiger charge is 2.28. The summed E-state index contributed by atoms with van der Waals surface area (Å²) in [4.78, 5) is 15.5. The molecule has 2 nitrogen and oxygen atoms in total. The van der Waals surface area contributed by atoms with Gasteiger partial charge in [0.15, 0.2) is 0 Å². The second kappa shape index (κ2) is 6.01. The van der Waals surface area contributed by atoms with Crippen LogP contribution in [-0.2, 0) is 6.42 Å². The molecule has 0 radical (unpaired) electrons. The Bertz CT molecular complexity index is 391. The molecule has 1 aromatic heterocycles. The summed E-state index contributed by atoms with van der Waals surface area (Å²) in [6.07, 6.45) is 4.45. The zero-order valence-corrected chi connectivity index (χ0v) is 12.5. The lowest BCUT2D eigenvalue weighted by Crippen LogP contribution is -2.44. The molecule has 1 aromatic rings. The lowest BCUT2D eigenvalue weighted by atomic mass is 10.0. The van der Waals surface area contributed by atoms with E-state index in [1.807, 2.05) is 5.38 Å². The topological polar surface area (TPSA) is 20.3 Å². The third kappa shape index (κ3) is 2.74. The fourth-order valence-electron chi connectivity index (χ4n) is 2.36. The monoisotopic (exact) mass is 315 g/mol. The number of halogens is 1. The smallest absolute Gasteiger partial charge is 0.264 e. The van der Waals surface area contributed by atoms with E-state index < -0.39 is 0 Å². The Morgan fingerprint density at radius 1 is 1.59 bits per heavy atom. The van der Waals surface area contributed by atoms with E-state index in [1.54, 1.807) is 11.3 Å². The molecule has 0 aliphatic carbocycles. The molecule has 4 heteroatoms. The Morgan fingerprint density at radius 2 is 2.41 bits per heavy atom. The van der Waals surface area contributed by atoms with Crippen LogP contribution in [-0.4, -0.2) is 28.7 Å². The van der Waals surface area contributed by atoms with E-state index in [0.717, 1.165) is 36.0 Å². The van der Waals surface area contributed by atoms with Crippen molar-refractivity contribution in [1.82, 2.24) is 4.90 Å². The lowest BCUT2D eigenvalue weighted by Gasteiger charge is -2.34. The SMILES string of the molecule is CCc1ccsc1C(=O)N1CCCCC1CBr. The van der Waals surface area contributed by atoms with Gasteiger partial charge in [0.2, 0.25) is 0 Å². The Balaban J connectivity index is 2.18. The lowest BCUT2D eigenvalue weighted by molar-refractivity contribution is 0.0646. The predicted octanol–water partition coefficient (Wildman–Crippen LogP) is 3.70. The van der Waals surface area contributed by atoms with Gasteiger partial charge in [-0.25, -0.2) is 0 Å². The van der Waals surface area contributed by atoms with Crippen LogP contribution in [0.25, 0.3) is 0 Å². The number of likely N-dealkylation sites (tertiary alicyclic amines) is 1. The van der Waals surface area contributed by atoms with Gasteiger partial charge >= 0.3 is 0 Å². The molecule has 0 N–H and O–H groups in total. The number of amides is 1. The van der Waals surface area contributed by atoms with Crippen molar-refractivity contribution < 1.29 is 4.79 Å². The summed E-state index contributed by atoms with van der Waals surface area (Å²) >= 11 is 5.11. The van der Waals surface area contributed by atoms with Crippen LogP contribution < -0.4 is 0 Å². The molecule has 0 spiro atoms. The van der Waals surface area contributed by atoms with Crippen molar-refractivity contribution in [3.63, 3.8) is 0 Å². The van der Waals surface area contributed by atoms with Gasteiger partial charge in [0.05, 0.1) is 4.88 Å². The normalized spacial score (nSPS) is 20.6. The Morgan fingerprint density at radius 3 is 3.12 bits per heavy atom. The van der Waals surface area contributed by atoms with Gasteiger partial charge in [-0.05, 0) is 42.7 Å². The van der Waals surface area contributed by atoms with Crippen LogP contribution in [0.5, 0.6) is 0 Å². The summed E-state index contributed by atoms with van der Waals surface area (Å²) in [6, 6.07) is 2.45. The number of alkyl halides is 1. The first-order valence-corrected chi connectivity index (χ1v) is 8.21.